The molecule has 0 spiro atoms. The van der Waals surface area contributed by atoms with Crippen LogP contribution in [0.5, 0.6) is 11.5 Å². The fourth-order valence-electron chi connectivity index (χ4n) is 4.84. The Balaban J connectivity index is 1.25. The maximum absolute atomic E-state index is 13.2. The zero-order valence-electron chi connectivity index (χ0n) is 20.9. The van der Waals surface area contributed by atoms with Gasteiger partial charge in [0.15, 0.2) is 28.1 Å². The number of para-hydroxylation sites is 1. The normalized spacial score (nSPS) is 16.4. The Bertz CT molecular complexity index is 1430. The average molecular weight is 519 g/mol. The van der Waals surface area contributed by atoms with Crippen LogP contribution in [-0.4, -0.2) is 62.1 Å². The lowest BCUT2D eigenvalue weighted by Gasteiger charge is -2.25. The van der Waals surface area contributed by atoms with Crippen molar-refractivity contribution < 1.29 is 14.3 Å². The molecule has 0 aliphatic carbocycles. The predicted octanol–water partition coefficient (Wildman–Crippen LogP) is 4.54. The van der Waals surface area contributed by atoms with Crippen LogP contribution >= 0.6 is 11.8 Å². The number of likely N-dealkylation sites (tertiary alicyclic amines) is 1. The molecule has 9 nitrogen and oxygen atoms in total. The van der Waals surface area contributed by atoms with Gasteiger partial charge in [-0.05, 0) is 56.6 Å². The van der Waals surface area contributed by atoms with E-state index in [2.05, 4.69) is 10.2 Å². The molecular formula is C27H30N6O3S. The number of benzene rings is 2. The number of anilines is 1. The van der Waals surface area contributed by atoms with Crippen molar-refractivity contribution in [1.82, 2.24) is 24.5 Å². The number of hydrogen-bond acceptors (Lipinski definition) is 8. The Hall–Kier alpha value is -3.37. The largest absolute Gasteiger partial charge is 0.454 e. The molecule has 1 amide bonds. The van der Waals surface area contributed by atoms with E-state index in [1.165, 1.54) is 31.0 Å². The van der Waals surface area contributed by atoms with Gasteiger partial charge in [-0.3, -0.25) is 4.79 Å². The number of piperidine rings is 1. The number of fused-ring (bicyclic) bond motifs is 4. The molecule has 1 unspecified atom stereocenters. The summed E-state index contributed by atoms with van der Waals surface area (Å²) < 4.78 is 12.6. The third kappa shape index (κ3) is 5.08. The molecule has 37 heavy (non-hydrogen) atoms. The van der Waals surface area contributed by atoms with Crippen molar-refractivity contribution in [2.45, 2.75) is 49.4 Å². The van der Waals surface area contributed by atoms with Crippen molar-refractivity contribution in [3.05, 3.63) is 48.3 Å². The lowest BCUT2D eigenvalue weighted by Crippen LogP contribution is -2.31. The number of aromatic nitrogens is 4. The fraction of sp³-hybridized carbons (Fsp3) is 0.407. The van der Waals surface area contributed by atoms with Crippen molar-refractivity contribution in [2.75, 3.05) is 31.7 Å². The number of amides is 1. The van der Waals surface area contributed by atoms with E-state index in [0.29, 0.717) is 28.8 Å². The number of rotatable bonds is 8. The number of ether oxygens (including phenoxy) is 2. The highest BCUT2D eigenvalue weighted by Gasteiger charge is 2.24. The number of thioether (sulfide) groups is 1. The zero-order valence-corrected chi connectivity index (χ0v) is 21.7. The summed E-state index contributed by atoms with van der Waals surface area (Å²) in [6.07, 6.45) is 5.28. The molecule has 4 aromatic rings. The molecule has 0 bridgehead atoms. The molecule has 1 fully saturated rings. The molecule has 2 aliphatic heterocycles. The van der Waals surface area contributed by atoms with Crippen LogP contribution in [0.3, 0.4) is 0 Å². The molecule has 6 rings (SSSR count). The maximum atomic E-state index is 13.2. The molecule has 2 aliphatic rings. The Morgan fingerprint density at radius 1 is 1.08 bits per heavy atom. The molecule has 192 valence electrons. The van der Waals surface area contributed by atoms with E-state index in [1.54, 1.807) is 12.1 Å². The quantitative estimate of drug-likeness (QED) is 0.268. The van der Waals surface area contributed by atoms with Gasteiger partial charge < -0.3 is 19.7 Å². The summed E-state index contributed by atoms with van der Waals surface area (Å²) in [5.74, 6) is 2.03. The smallest absolute Gasteiger partial charge is 0.237 e. The summed E-state index contributed by atoms with van der Waals surface area (Å²) in [6, 6.07) is 13.4. The number of hydrogen-bond donors (Lipinski definition) is 1. The Morgan fingerprint density at radius 2 is 1.92 bits per heavy atom. The van der Waals surface area contributed by atoms with Crippen molar-refractivity contribution in [1.29, 1.82) is 0 Å². The van der Waals surface area contributed by atoms with Crippen molar-refractivity contribution in [2.24, 2.45) is 0 Å². The molecule has 10 heteroatoms. The van der Waals surface area contributed by atoms with Gasteiger partial charge in [0.1, 0.15) is 0 Å². The highest BCUT2D eigenvalue weighted by atomic mass is 32.2. The maximum Gasteiger partial charge on any atom is 0.237 e. The topological polar surface area (TPSA) is 93.9 Å². The first kappa shape index (κ1) is 24.0. The van der Waals surface area contributed by atoms with E-state index in [9.17, 15) is 4.79 Å². The minimum Gasteiger partial charge on any atom is -0.454 e. The van der Waals surface area contributed by atoms with E-state index in [0.717, 1.165) is 48.4 Å². The van der Waals surface area contributed by atoms with E-state index in [4.69, 9.17) is 24.5 Å². The van der Waals surface area contributed by atoms with Gasteiger partial charge in [-0.15, -0.1) is 5.10 Å². The van der Waals surface area contributed by atoms with Crippen LogP contribution in [0.15, 0.2) is 47.6 Å². The lowest BCUT2D eigenvalue weighted by atomic mass is 10.1. The van der Waals surface area contributed by atoms with Gasteiger partial charge in [0.05, 0.1) is 10.8 Å². The minimum absolute atomic E-state index is 0.0973. The predicted molar refractivity (Wildman–Crippen MR) is 143 cm³/mol. The summed E-state index contributed by atoms with van der Waals surface area (Å²) in [6.45, 7) is 5.45. The van der Waals surface area contributed by atoms with Crippen LogP contribution in [0, 0.1) is 0 Å². The van der Waals surface area contributed by atoms with Crippen LogP contribution in [-0.2, 0) is 11.2 Å². The first-order valence-electron chi connectivity index (χ1n) is 12.9. The average Bonchev–Trinajstić information content (AvgIpc) is 3.58. The van der Waals surface area contributed by atoms with E-state index < -0.39 is 0 Å². The van der Waals surface area contributed by atoms with E-state index in [-0.39, 0.29) is 18.0 Å². The molecule has 1 N–H and O–H groups in total. The van der Waals surface area contributed by atoms with Gasteiger partial charge in [-0.25, -0.2) is 9.97 Å². The highest BCUT2D eigenvalue weighted by Crippen LogP contribution is 2.35. The fourth-order valence-corrected chi connectivity index (χ4v) is 5.81. The highest BCUT2D eigenvalue weighted by molar-refractivity contribution is 8.00. The van der Waals surface area contributed by atoms with Crippen molar-refractivity contribution in [3.8, 4) is 11.5 Å². The third-order valence-corrected chi connectivity index (χ3v) is 8.15. The number of nitrogens with zero attached hydrogens (tertiary/aromatic N) is 5. The van der Waals surface area contributed by atoms with Gasteiger partial charge in [0.25, 0.3) is 0 Å². The molecular weight excluding hydrogens is 488 g/mol. The van der Waals surface area contributed by atoms with E-state index in [1.807, 2.05) is 41.8 Å². The van der Waals surface area contributed by atoms with Crippen molar-refractivity contribution >= 4 is 39.9 Å². The SMILES string of the molecule is CCC(Sc1nc2ccccc2c2nc(CCN3CCCCC3)nn12)C(=O)Nc1ccc2c(c1)OCO2. The van der Waals surface area contributed by atoms with Crippen LogP contribution in [0.2, 0.25) is 0 Å². The molecule has 2 aromatic heterocycles. The molecule has 0 radical (unpaired) electrons. The lowest BCUT2D eigenvalue weighted by molar-refractivity contribution is -0.115. The molecule has 1 atom stereocenters. The first-order chi connectivity index (χ1) is 18.2. The Kier molecular flexibility index (Phi) is 6.84. The monoisotopic (exact) mass is 518 g/mol. The Labute approximate surface area is 219 Å². The molecule has 1 saturated heterocycles. The third-order valence-electron chi connectivity index (χ3n) is 6.84. The van der Waals surface area contributed by atoms with Crippen LogP contribution < -0.4 is 14.8 Å². The second-order valence-electron chi connectivity index (χ2n) is 9.40. The summed E-state index contributed by atoms with van der Waals surface area (Å²) in [5.41, 5.74) is 2.30. The zero-order chi connectivity index (χ0) is 25.2. The van der Waals surface area contributed by atoms with Gasteiger partial charge >= 0.3 is 0 Å². The minimum atomic E-state index is -0.358. The number of carbonyl (C=O) groups is 1. The van der Waals surface area contributed by atoms with Crippen LogP contribution in [0.25, 0.3) is 16.6 Å². The van der Waals surface area contributed by atoms with Crippen molar-refractivity contribution in [3.63, 3.8) is 0 Å². The number of nitrogens with one attached hydrogen (secondary N) is 1. The van der Waals surface area contributed by atoms with Gasteiger partial charge in [0.2, 0.25) is 12.7 Å². The Morgan fingerprint density at radius 3 is 2.78 bits per heavy atom. The summed E-state index contributed by atoms with van der Waals surface area (Å²) in [5, 5.41) is 9.13. The molecule has 2 aromatic carbocycles. The molecule has 4 heterocycles. The van der Waals surface area contributed by atoms with Gasteiger partial charge in [-0.1, -0.05) is 37.2 Å². The summed E-state index contributed by atoms with van der Waals surface area (Å²) >= 11 is 1.42. The molecule has 0 saturated carbocycles. The first-order valence-corrected chi connectivity index (χ1v) is 13.8. The number of carbonyl (C=O) groups excluding carboxylic acids is 1. The van der Waals surface area contributed by atoms with E-state index >= 15 is 0 Å². The summed E-state index contributed by atoms with van der Waals surface area (Å²) in [4.78, 5) is 25.5. The van der Waals surface area contributed by atoms with Gasteiger partial charge in [-0.2, -0.15) is 4.52 Å². The second kappa shape index (κ2) is 10.5. The van der Waals surface area contributed by atoms with Crippen LogP contribution in [0.4, 0.5) is 5.69 Å². The standard InChI is InChI=1S/C27H30N6O3S/c1-2-23(26(34)28-18-10-11-21-22(16-18)36-17-35-21)37-27-29-20-9-5-4-8-19(20)25-30-24(31-33(25)27)12-15-32-13-6-3-7-14-32/h4-5,8-11,16,23H,2-3,6-7,12-15,17H2,1H3,(H,28,34). The second-order valence-corrected chi connectivity index (χ2v) is 10.6. The van der Waals surface area contributed by atoms with Crippen LogP contribution in [0.1, 0.15) is 38.4 Å². The van der Waals surface area contributed by atoms with Gasteiger partial charge in [0, 0.05) is 30.1 Å². The summed E-state index contributed by atoms with van der Waals surface area (Å²) in [7, 11) is 0.